The summed E-state index contributed by atoms with van der Waals surface area (Å²) in [5.74, 6) is 0. The molecule has 0 saturated carbocycles. The quantitative estimate of drug-likeness (QED) is 0.666. The van der Waals surface area contributed by atoms with Crippen LogP contribution in [0, 0.1) is 0 Å². The Morgan fingerprint density at radius 2 is 1.31 bits per heavy atom. The van der Waals surface area contributed by atoms with Crippen LogP contribution in [0.4, 0.5) is 0 Å². The molecule has 0 radical (unpaired) electrons. The van der Waals surface area contributed by atoms with Gasteiger partial charge in [0, 0.05) is 7.11 Å². The van der Waals surface area contributed by atoms with Crippen LogP contribution in [-0.2, 0) is 12.7 Å². The minimum Gasteiger partial charge on any atom is -0.436 e. The zero-order chi connectivity index (χ0) is 13.0. The summed E-state index contributed by atoms with van der Waals surface area (Å²) in [5.41, 5.74) is 0. The van der Waals surface area contributed by atoms with Crippen molar-refractivity contribution in [2.24, 2.45) is 0 Å². The molecule has 3 nitrogen and oxygen atoms in total. The molecular formula is C10H28O3Si3. The highest BCUT2D eigenvalue weighted by Crippen LogP contribution is 2.24. The van der Waals surface area contributed by atoms with Crippen LogP contribution in [0.3, 0.4) is 0 Å². The van der Waals surface area contributed by atoms with E-state index in [0.717, 1.165) is 12.1 Å². The maximum absolute atomic E-state index is 6.28. The normalized spacial score (nSPS) is 17.2. The van der Waals surface area contributed by atoms with E-state index in [1.807, 2.05) is 0 Å². The molecular weight excluding hydrogens is 252 g/mol. The molecule has 0 bridgehead atoms. The molecule has 0 aliphatic rings. The predicted octanol–water partition coefficient (Wildman–Crippen LogP) is 3.68. The highest BCUT2D eigenvalue weighted by Gasteiger charge is 2.41. The van der Waals surface area contributed by atoms with E-state index in [4.69, 9.17) is 12.7 Å². The number of hydrogen-bond donors (Lipinski definition) is 0. The van der Waals surface area contributed by atoms with Crippen molar-refractivity contribution in [3.05, 3.63) is 0 Å². The highest BCUT2D eigenvalue weighted by atomic mass is 28.5. The molecule has 6 heteroatoms. The van der Waals surface area contributed by atoms with Crippen LogP contribution < -0.4 is 0 Å². The molecule has 0 aliphatic carbocycles. The lowest BCUT2D eigenvalue weighted by molar-refractivity contribution is 0.273. The van der Waals surface area contributed by atoms with Gasteiger partial charge in [-0.15, -0.1) is 0 Å². The van der Waals surface area contributed by atoms with Gasteiger partial charge in [0.05, 0.1) is 0 Å². The average Bonchev–Trinajstić information content (AvgIpc) is 2.15. The summed E-state index contributed by atoms with van der Waals surface area (Å²) in [6.45, 7) is 15.2. The zero-order valence-corrected chi connectivity index (χ0v) is 15.1. The Balaban J connectivity index is 4.56. The van der Waals surface area contributed by atoms with Gasteiger partial charge in [0.25, 0.3) is 0 Å². The highest BCUT2D eigenvalue weighted by molar-refractivity contribution is 6.86. The van der Waals surface area contributed by atoms with Gasteiger partial charge in [-0.1, -0.05) is 13.8 Å². The molecule has 0 aromatic carbocycles. The first-order chi connectivity index (χ1) is 7.10. The van der Waals surface area contributed by atoms with Gasteiger partial charge in [-0.05, 0) is 44.8 Å². The lowest BCUT2D eigenvalue weighted by atomic mass is 11.0. The van der Waals surface area contributed by atoms with E-state index < -0.39 is 25.4 Å². The summed E-state index contributed by atoms with van der Waals surface area (Å²) in [6, 6.07) is 2.10. The molecule has 0 aromatic heterocycles. The van der Waals surface area contributed by atoms with Crippen LogP contribution in [0.15, 0.2) is 0 Å². The van der Waals surface area contributed by atoms with Gasteiger partial charge in [-0.3, -0.25) is 0 Å². The molecule has 0 rings (SSSR count). The molecule has 0 spiro atoms. The third-order valence-corrected chi connectivity index (χ3v) is 14.6. The van der Waals surface area contributed by atoms with E-state index in [9.17, 15) is 0 Å². The lowest BCUT2D eigenvalue weighted by Gasteiger charge is -2.38. The van der Waals surface area contributed by atoms with Gasteiger partial charge in [0.2, 0.25) is 0 Å². The van der Waals surface area contributed by atoms with Crippen molar-refractivity contribution in [3.63, 3.8) is 0 Å². The minimum absolute atomic E-state index is 0.970. The lowest BCUT2D eigenvalue weighted by Crippen LogP contribution is -2.53. The minimum atomic E-state index is -2.04. The van der Waals surface area contributed by atoms with Crippen LogP contribution in [-0.4, -0.2) is 32.5 Å². The molecule has 16 heavy (non-hydrogen) atoms. The maximum atomic E-state index is 6.28. The van der Waals surface area contributed by atoms with Gasteiger partial charge < -0.3 is 12.7 Å². The van der Waals surface area contributed by atoms with Gasteiger partial charge in [-0.2, -0.15) is 0 Å². The monoisotopic (exact) mass is 280 g/mol. The second kappa shape index (κ2) is 5.92. The van der Waals surface area contributed by atoms with E-state index in [1.54, 1.807) is 7.11 Å². The molecule has 0 aliphatic heterocycles. The number of rotatable bonds is 7. The smallest absolute Gasteiger partial charge is 0.325 e. The summed E-state index contributed by atoms with van der Waals surface area (Å²) >= 11 is 0. The average molecular weight is 281 g/mol. The van der Waals surface area contributed by atoms with E-state index in [1.165, 1.54) is 0 Å². The molecule has 0 amide bonds. The van der Waals surface area contributed by atoms with Gasteiger partial charge in [-0.25, -0.2) is 0 Å². The fraction of sp³-hybridized carbons (Fsp3) is 1.00. The van der Waals surface area contributed by atoms with Crippen LogP contribution in [0.25, 0.3) is 0 Å². The zero-order valence-electron chi connectivity index (χ0n) is 12.1. The Kier molecular flexibility index (Phi) is 6.12. The van der Waals surface area contributed by atoms with Crippen molar-refractivity contribution in [3.8, 4) is 0 Å². The molecule has 0 saturated heterocycles. The van der Waals surface area contributed by atoms with E-state index in [-0.39, 0.29) is 0 Å². The van der Waals surface area contributed by atoms with Crippen molar-refractivity contribution < 1.29 is 12.7 Å². The second-order valence-electron chi connectivity index (χ2n) is 5.41. The molecule has 0 N–H and O–H groups in total. The van der Waals surface area contributed by atoms with Crippen molar-refractivity contribution in [1.29, 1.82) is 0 Å². The van der Waals surface area contributed by atoms with E-state index >= 15 is 0 Å². The van der Waals surface area contributed by atoms with Crippen molar-refractivity contribution in [2.45, 2.75) is 58.7 Å². The summed E-state index contributed by atoms with van der Waals surface area (Å²) in [4.78, 5) is 0. The Bertz CT molecular complexity index is 215. The van der Waals surface area contributed by atoms with Crippen LogP contribution >= 0.6 is 0 Å². The molecule has 1 unspecified atom stereocenters. The van der Waals surface area contributed by atoms with Crippen LogP contribution in [0.5, 0.6) is 0 Å². The van der Waals surface area contributed by atoms with Crippen LogP contribution in [0.2, 0.25) is 44.8 Å². The Morgan fingerprint density at radius 3 is 1.62 bits per heavy atom. The molecule has 0 heterocycles. The third-order valence-electron chi connectivity index (χ3n) is 2.91. The largest absolute Gasteiger partial charge is 0.436 e. The van der Waals surface area contributed by atoms with Gasteiger partial charge >= 0.3 is 17.1 Å². The molecule has 1 atom stereocenters. The van der Waals surface area contributed by atoms with E-state index in [2.05, 4.69) is 46.6 Å². The Morgan fingerprint density at radius 1 is 0.812 bits per heavy atom. The third kappa shape index (κ3) is 5.74. The van der Waals surface area contributed by atoms with Gasteiger partial charge in [0.15, 0.2) is 8.32 Å². The molecule has 0 fully saturated rings. The summed E-state index contributed by atoms with van der Waals surface area (Å²) in [5, 5.41) is 0. The van der Waals surface area contributed by atoms with Gasteiger partial charge in [0.1, 0.15) is 0 Å². The predicted molar refractivity (Wildman–Crippen MR) is 76.7 cm³/mol. The fourth-order valence-electron chi connectivity index (χ4n) is 1.54. The topological polar surface area (TPSA) is 27.7 Å². The fourth-order valence-corrected chi connectivity index (χ4v) is 13.3. The summed E-state index contributed by atoms with van der Waals surface area (Å²) < 4.78 is 18.1. The first-order valence-electron chi connectivity index (χ1n) is 6.05. The summed E-state index contributed by atoms with van der Waals surface area (Å²) in [7, 11) is -3.81. The Labute approximate surface area is 104 Å². The maximum Gasteiger partial charge on any atom is 0.325 e. The standard InChI is InChI=1S/C10H28O3Si3/c1-9-14(4,5)12-15(6,7)13-16(8,10-2)11-3/h9-10H2,1-8H3. The first-order valence-corrected chi connectivity index (χ1v) is 14.5. The van der Waals surface area contributed by atoms with Crippen molar-refractivity contribution in [1.82, 2.24) is 0 Å². The van der Waals surface area contributed by atoms with Crippen molar-refractivity contribution in [2.75, 3.05) is 7.11 Å². The summed E-state index contributed by atoms with van der Waals surface area (Å²) in [6.07, 6.45) is 0. The SMILES string of the molecule is CC[Si](C)(C)O[Si](C)(C)O[Si](C)(CC)OC. The first kappa shape index (κ1) is 16.5. The Hall–Kier alpha value is 0.531. The van der Waals surface area contributed by atoms with Crippen LogP contribution in [0.1, 0.15) is 13.8 Å². The van der Waals surface area contributed by atoms with E-state index in [0.29, 0.717) is 0 Å². The number of hydrogen-bond acceptors (Lipinski definition) is 3. The molecule has 98 valence electrons. The van der Waals surface area contributed by atoms with Crippen molar-refractivity contribution >= 4 is 25.4 Å². The molecule has 0 aromatic rings. The second-order valence-corrected chi connectivity index (χ2v) is 17.5.